The summed E-state index contributed by atoms with van der Waals surface area (Å²) in [6, 6.07) is 1.69. The molecule has 1 saturated heterocycles. The molecule has 0 radical (unpaired) electrons. The van der Waals surface area contributed by atoms with E-state index in [2.05, 4.69) is 17.1 Å². The van der Waals surface area contributed by atoms with E-state index in [0.717, 1.165) is 61.5 Å². The summed E-state index contributed by atoms with van der Waals surface area (Å²) in [5.41, 5.74) is 2.28. The van der Waals surface area contributed by atoms with Crippen LogP contribution >= 0.6 is 0 Å². The molecule has 2 aromatic rings. The molecule has 0 aromatic carbocycles. The maximum absolute atomic E-state index is 12.8. The number of hydrogen-bond acceptors (Lipinski definition) is 6. The van der Waals surface area contributed by atoms with Gasteiger partial charge in [-0.2, -0.15) is 0 Å². The third-order valence-corrected chi connectivity index (χ3v) is 5.72. The molecule has 2 aliphatic rings. The molecule has 0 aliphatic carbocycles. The van der Waals surface area contributed by atoms with Crippen LogP contribution in [0.3, 0.4) is 0 Å². The van der Waals surface area contributed by atoms with E-state index in [1.165, 1.54) is 0 Å². The van der Waals surface area contributed by atoms with Crippen molar-refractivity contribution >= 4 is 11.8 Å². The second-order valence-electron chi connectivity index (χ2n) is 7.83. The lowest BCUT2D eigenvalue weighted by Gasteiger charge is -2.34. The van der Waals surface area contributed by atoms with Crippen LogP contribution in [0.1, 0.15) is 78.9 Å². The maximum atomic E-state index is 12.8. The average Bonchev–Trinajstić information content (AvgIpc) is 3.21. The number of likely N-dealkylation sites (tertiary alicyclic amines) is 1. The highest BCUT2D eigenvalue weighted by atomic mass is 16.5. The third kappa shape index (κ3) is 4.02. The molecule has 1 atom stereocenters. The van der Waals surface area contributed by atoms with Crippen LogP contribution < -0.4 is 0 Å². The number of piperidine rings is 1. The Balaban J connectivity index is 1.49. The molecule has 0 saturated carbocycles. The number of carbonyl (C=O) groups is 2. The molecule has 0 N–H and O–H groups in total. The molecule has 0 bridgehead atoms. The summed E-state index contributed by atoms with van der Waals surface area (Å²) in [7, 11) is 0. The van der Waals surface area contributed by atoms with Crippen molar-refractivity contribution in [3.8, 4) is 0 Å². The fraction of sp³-hybridized carbons (Fsp3) is 0.571. The van der Waals surface area contributed by atoms with Gasteiger partial charge in [-0.15, -0.1) is 0 Å². The molecular formula is C21H27N5O3. The smallest absolute Gasteiger partial charge is 0.276 e. The second kappa shape index (κ2) is 8.31. The lowest BCUT2D eigenvalue weighted by Crippen LogP contribution is -2.39. The van der Waals surface area contributed by atoms with E-state index < -0.39 is 0 Å². The number of fused-ring (bicyclic) bond motifs is 1. The summed E-state index contributed by atoms with van der Waals surface area (Å²) in [4.78, 5) is 37.8. The summed E-state index contributed by atoms with van der Waals surface area (Å²) in [6.45, 7) is 5.48. The molecule has 4 rings (SSSR count). The zero-order valence-corrected chi connectivity index (χ0v) is 17.1. The Hall–Kier alpha value is -2.77. The molecule has 0 spiro atoms. The number of carbonyl (C=O) groups excluding carboxylic acids is 2. The second-order valence-corrected chi connectivity index (χ2v) is 7.83. The van der Waals surface area contributed by atoms with Crippen molar-refractivity contribution in [3.05, 3.63) is 40.8 Å². The lowest BCUT2D eigenvalue weighted by atomic mass is 10.0. The van der Waals surface area contributed by atoms with Crippen LogP contribution in [0.2, 0.25) is 0 Å². The first-order chi connectivity index (χ1) is 14.1. The molecule has 2 aliphatic heterocycles. The summed E-state index contributed by atoms with van der Waals surface area (Å²) in [5, 5.41) is 3.93. The van der Waals surface area contributed by atoms with Crippen molar-refractivity contribution in [3.63, 3.8) is 0 Å². The Morgan fingerprint density at radius 2 is 2.14 bits per heavy atom. The first-order valence-electron chi connectivity index (χ1n) is 10.4. The van der Waals surface area contributed by atoms with E-state index in [1.54, 1.807) is 17.9 Å². The zero-order valence-electron chi connectivity index (χ0n) is 17.1. The van der Waals surface area contributed by atoms with Gasteiger partial charge in [-0.05, 0) is 25.7 Å². The van der Waals surface area contributed by atoms with Crippen molar-refractivity contribution in [1.82, 2.24) is 24.9 Å². The number of hydrogen-bond donors (Lipinski definition) is 0. The number of nitrogens with zero attached hydrogens (tertiary/aromatic N) is 5. The molecule has 2 amide bonds. The van der Waals surface area contributed by atoms with Crippen molar-refractivity contribution in [2.24, 2.45) is 0 Å². The molecule has 8 nitrogen and oxygen atoms in total. The predicted octanol–water partition coefficient (Wildman–Crippen LogP) is 2.69. The van der Waals surface area contributed by atoms with Gasteiger partial charge in [0.1, 0.15) is 5.76 Å². The quantitative estimate of drug-likeness (QED) is 0.788. The fourth-order valence-electron chi connectivity index (χ4n) is 4.18. The van der Waals surface area contributed by atoms with E-state index in [4.69, 9.17) is 9.51 Å². The summed E-state index contributed by atoms with van der Waals surface area (Å²) in [6.07, 6.45) is 7.21. The number of aryl methyl sites for hydroxylation is 1. The molecular weight excluding hydrogens is 370 g/mol. The standard InChI is InChI=1S/C21H27N5O3/c1-3-6-16-11-18(24-29-16)21(28)25-10-8-17-15(13-25)12-22-20(23-17)19-7-4-5-9-26(19)14(2)27/h11-12,19H,3-10,13H2,1-2H3. The number of rotatable bonds is 4. The normalized spacial score (nSPS) is 19.2. The van der Waals surface area contributed by atoms with Crippen molar-refractivity contribution in [2.45, 2.75) is 65.0 Å². The Morgan fingerprint density at radius 1 is 1.28 bits per heavy atom. The van der Waals surface area contributed by atoms with E-state index in [9.17, 15) is 9.59 Å². The van der Waals surface area contributed by atoms with E-state index in [1.807, 2.05) is 11.1 Å². The van der Waals surface area contributed by atoms with Crippen LogP contribution in [0.25, 0.3) is 0 Å². The predicted molar refractivity (Wildman–Crippen MR) is 105 cm³/mol. The number of amides is 2. The monoisotopic (exact) mass is 397 g/mol. The fourth-order valence-corrected chi connectivity index (χ4v) is 4.18. The first-order valence-corrected chi connectivity index (χ1v) is 10.4. The summed E-state index contributed by atoms with van der Waals surface area (Å²) >= 11 is 0. The van der Waals surface area contributed by atoms with Crippen LogP contribution in [0.4, 0.5) is 0 Å². The summed E-state index contributed by atoms with van der Waals surface area (Å²) < 4.78 is 5.24. The Kier molecular flexibility index (Phi) is 5.60. The minimum atomic E-state index is -0.124. The van der Waals surface area contributed by atoms with Crippen molar-refractivity contribution < 1.29 is 14.1 Å². The van der Waals surface area contributed by atoms with E-state index in [0.29, 0.717) is 25.2 Å². The Labute approximate surface area is 170 Å². The molecule has 29 heavy (non-hydrogen) atoms. The third-order valence-electron chi connectivity index (χ3n) is 5.72. The minimum absolute atomic E-state index is 0.0432. The van der Waals surface area contributed by atoms with Crippen molar-refractivity contribution in [1.29, 1.82) is 0 Å². The molecule has 2 aromatic heterocycles. The van der Waals surface area contributed by atoms with Gasteiger partial charge in [-0.1, -0.05) is 12.1 Å². The first kappa shape index (κ1) is 19.5. The van der Waals surface area contributed by atoms with Gasteiger partial charge in [0.25, 0.3) is 5.91 Å². The largest absolute Gasteiger partial charge is 0.361 e. The molecule has 154 valence electrons. The highest BCUT2D eigenvalue weighted by Crippen LogP contribution is 2.30. The van der Waals surface area contributed by atoms with Gasteiger partial charge < -0.3 is 14.3 Å². The highest BCUT2D eigenvalue weighted by Gasteiger charge is 2.30. The molecule has 8 heteroatoms. The topological polar surface area (TPSA) is 92.4 Å². The van der Waals surface area contributed by atoms with Crippen LogP contribution in [0.15, 0.2) is 16.8 Å². The SMILES string of the molecule is CCCc1cc(C(=O)N2CCc3nc(C4CCCCN4C(C)=O)ncc3C2)no1. The van der Waals surface area contributed by atoms with Gasteiger partial charge in [0.05, 0.1) is 11.7 Å². The highest BCUT2D eigenvalue weighted by molar-refractivity contribution is 5.92. The van der Waals surface area contributed by atoms with Gasteiger partial charge in [0, 0.05) is 57.2 Å². The summed E-state index contributed by atoms with van der Waals surface area (Å²) in [5.74, 6) is 1.41. The van der Waals surface area contributed by atoms with Crippen molar-refractivity contribution in [2.75, 3.05) is 13.1 Å². The average molecular weight is 397 g/mol. The van der Waals surface area contributed by atoms with Gasteiger partial charge in [-0.25, -0.2) is 9.97 Å². The van der Waals surface area contributed by atoms with Crippen LogP contribution in [-0.4, -0.2) is 49.8 Å². The van der Waals surface area contributed by atoms with Crippen LogP contribution in [0, 0.1) is 0 Å². The van der Waals surface area contributed by atoms with Gasteiger partial charge >= 0.3 is 0 Å². The lowest BCUT2D eigenvalue weighted by molar-refractivity contribution is -0.132. The molecule has 4 heterocycles. The molecule has 1 unspecified atom stereocenters. The van der Waals surface area contributed by atoms with E-state index >= 15 is 0 Å². The Morgan fingerprint density at radius 3 is 2.93 bits per heavy atom. The maximum Gasteiger partial charge on any atom is 0.276 e. The van der Waals surface area contributed by atoms with Gasteiger partial charge in [-0.3, -0.25) is 9.59 Å². The Bertz CT molecular complexity index is 909. The minimum Gasteiger partial charge on any atom is -0.361 e. The van der Waals surface area contributed by atoms with E-state index in [-0.39, 0.29) is 17.9 Å². The van der Waals surface area contributed by atoms with Crippen LogP contribution in [0.5, 0.6) is 0 Å². The zero-order chi connectivity index (χ0) is 20.4. The van der Waals surface area contributed by atoms with Gasteiger partial charge in [0.15, 0.2) is 11.5 Å². The van der Waals surface area contributed by atoms with Gasteiger partial charge in [0.2, 0.25) is 5.91 Å². The molecule has 1 fully saturated rings. The van der Waals surface area contributed by atoms with Crippen LogP contribution in [-0.2, 0) is 24.2 Å². The number of aromatic nitrogens is 3.